The van der Waals surface area contributed by atoms with Gasteiger partial charge in [-0.1, -0.05) is 19.1 Å². The van der Waals surface area contributed by atoms with Crippen molar-refractivity contribution in [3.8, 4) is 0 Å². The summed E-state index contributed by atoms with van der Waals surface area (Å²) in [4.78, 5) is 20.9. The van der Waals surface area contributed by atoms with E-state index in [1.807, 2.05) is 13.0 Å². The second kappa shape index (κ2) is 4.21. The lowest BCUT2D eigenvalue weighted by atomic mass is 9.89. The number of aryl methyl sites for hydroxylation is 1. The van der Waals surface area contributed by atoms with E-state index in [0.29, 0.717) is 23.7 Å². The molecule has 1 atom stereocenters. The highest BCUT2D eigenvalue weighted by molar-refractivity contribution is 7.47. The van der Waals surface area contributed by atoms with Gasteiger partial charge in [0.1, 0.15) is 0 Å². The van der Waals surface area contributed by atoms with Crippen LogP contribution in [0, 0.1) is 0 Å². The summed E-state index contributed by atoms with van der Waals surface area (Å²) in [7, 11) is -2.45. The molecule has 3 N–H and O–H groups in total. The van der Waals surface area contributed by atoms with Crippen LogP contribution in [0.3, 0.4) is 0 Å². The number of amides is 1. The molecule has 90 valence electrons. The highest BCUT2D eigenvalue weighted by atomic mass is 31.1. The summed E-state index contributed by atoms with van der Waals surface area (Å²) in [5, 5.41) is 0.357. The maximum atomic E-state index is 11.6. The van der Waals surface area contributed by atoms with Crippen molar-refractivity contribution in [3.63, 3.8) is 0 Å². The first-order valence-corrected chi connectivity index (χ1v) is 6.82. The van der Waals surface area contributed by atoms with E-state index in [1.165, 1.54) is 0 Å². The fourth-order valence-corrected chi connectivity index (χ4v) is 3.10. The van der Waals surface area contributed by atoms with E-state index in [1.54, 1.807) is 12.1 Å². The molecule has 0 spiro atoms. The van der Waals surface area contributed by atoms with Gasteiger partial charge in [0, 0.05) is 5.56 Å². The van der Waals surface area contributed by atoms with E-state index in [-0.39, 0.29) is 0 Å². The van der Waals surface area contributed by atoms with Gasteiger partial charge in [0.25, 0.3) is 0 Å². The lowest BCUT2D eigenvalue weighted by molar-refractivity contribution is -0.120. The molecular formula is C12H15NO3P+. The van der Waals surface area contributed by atoms with Crippen LogP contribution in [0.2, 0.25) is 0 Å². The van der Waals surface area contributed by atoms with E-state index in [0.717, 1.165) is 12.0 Å². The van der Waals surface area contributed by atoms with Gasteiger partial charge in [0.05, 0.1) is 5.41 Å². The maximum absolute atomic E-state index is 11.6. The van der Waals surface area contributed by atoms with E-state index >= 15 is 0 Å². The van der Waals surface area contributed by atoms with Crippen LogP contribution in [0.4, 0.5) is 0 Å². The molecule has 1 fully saturated rings. The van der Waals surface area contributed by atoms with Gasteiger partial charge in [0.2, 0.25) is 11.2 Å². The molecule has 1 aromatic carbocycles. The quantitative estimate of drug-likeness (QED) is 0.788. The molecular weight excluding hydrogens is 237 g/mol. The number of carbonyl (C=O) groups is 1. The normalized spacial score (nSPS) is 17.6. The molecule has 1 aliphatic rings. The van der Waals surface area contributed by atoms with Crippen molar-refractivity contribution in [3.05, 3.63) is 29.3 Å². The molecule has 0 bridgehead atoms. The van der Waals surface area contributed by atoms with Crippen molar-refractivity contribution < 1.29 is 14.3 Å². The Morgan fingerprint density at radius 1 is 1.53 bits per heavy atom. The van der Waals surface area contributed by atoms with E-state index in [2.05, 4.69) is 0 Å². The summed E-state index contributed by atoms with van der Waals surface area (Å²) in [6.45, 7) is 1.96. The third-order valence-electron chi connectivity index (χ3n) is 3.42. The highest BCUT2D eigenvalue weighted by Gasteiger charge is 2.54. The number of hydrogen-bond acceptors (Lipinski definition) is 2. The monoisotopic (exact) mass is 252 g/mol. The Balaban J connectivity index is 2.65. The Morgan fingerprint density at radius 3 is 2.59 bits per heavy atom. The largest absolute Gasteiger partial charge is 0.546 e. The SMILES string of the molecule is CCc1cccc([P+](=O)O)c1C1(C(N)=O)CC1. The van der Waals surface area contributed by atoms with Crippen LogP contribution in [0.1, 0.15) is 30.9 Å². The second-order valence-electron chi connectivity index (χ2n) is 4.38. The minimum atomic E-state index is -2.45. The fraction of sp³-hybridized carbons (Fsp3) is 0.417. The molecule has 0 aromatic heterocycles. The average molecular weight is 252 g/mol. The third-order valence-corrected chi connectivity index (χ3v) is 4.20. The number of nitrogens with two attached hydrogens (primary N) is 1. The number of carbonyl (C=O) groups excluding carboxylic acids is 1. The zero-order valence-electron chi connectivity index (χ0n) is 9.64. The number of benzene rings is 1. The number of primary amides is 1. The topological polar surface area (TPSA) is 80.4 Å². The van der Waals surface area contributed by atoms with Crippen molar-refractivity contribution in [2.24, 2.45) is 5.73 Å². The molecule has 2 rings (SSSR count). The van der Waals surface area contributed by atoms with Crippen LogP contribution in [-0.4, -0.2) is 10.8 Å². The Hall–Kier alpha value is -1.25. The summed E-state index contributed by atoms with van der Waals surface area (Å²) >= 11 is 0. The third kappa shape index (κ3) is 1.88. The van der Waals surface area contributed by atoms with Crippen LogP contribution in [-0.2, 0) is 21.2 Å². The molecule has 4 nitrogen and oxygen atoms in total. The van der Waals surface area contributed by atoms with Gasteiger partial charge < -0.3 is 5.73 Å². The van der Waals surface area contributed by atoms with Gasteiger partial charge in [-0.25, -0.2) is 0 Å². The van der Waals surface area contributed by atoms with E-state index in [4.69, 9.17) is 5.73 Å². The molecule has 1 amide bonds. The van der Waals surface area contributed by atoms with Crippen LogP contribution < -0.4 is 11.0 Å². The van der Waals surface area contributed by atoms with Crippen LogP contribution in [0.15, 0.2) is 18.2 Å². The van der Waals surface area contributed by atoms with E-state index in [9.17, 15) is 14.3 Å². The zero-order chi connectivity index (χ0) is 12.6. The minimum Gasteiger partial charge on any atom is -0.369 e. The lowest BCUT2D eigenvalue weighted by Gasteiger charge is -2.15. The van der Waals surface area contributed by atoms with Crippen molar-refractivity contribution in [1.29, 1.82) is 0 Å². The summed E-state index contributed by atoms with van der Waals surface area (Å²) in [6.07, 6.45) is 2.08. The molecule has 0 heterocycles. The molecule has 5 heteroatoms. The number of hydrogen-bond donors (Lipinski definition) is 2. The summed E-state index contributed by atoms with van der Waals surface area (Å²) in [5.41, 5.74) is 6.38. The van der Waals surface area contributed by atoms with Gasteiger partial charge in [0.15, 0.2) is 0 Å². The van der Waals surface area contributed by atoms with Gasteiger partial charge in [-0.2, -0.15) is 4.89 Å². The first-order chi connectivity index (χ1) is 8.03. The average Bonchev–Trinajstić information content (AvgIpc) is 3.08. The Kier molecular flexibility index (Phi) is 3.02. The summed E-state index contributed by atoms with van der Waals surface area (Å²) in [6, 6.07) is 5.25. The molecule has 0 radical (unpaired) electrons. The van der Waals surface area contributed by atoms with Gasteiger partial charge >= 0.3 is 8.03 Å². The minimum absolute atomic E-state index is 0.357. The van der Waals surface area contributed by atoms with Crippen molar-refractivity contribution in [2.75, 3.05) is 0 Å². The van der Waals surface area contributed by atoms with Crippen molar-refractivity contribution >= 4 is 19.2 Å². The molecule has 1 unspecified atom stereocenters. The maximum Gasteiger partial charge on any atom is 0.546 e. The predicted molar refractivity (Wildman–Crippen MR) is 65.4 cm³/mol. The smallest absolute Gasteiger partial charge is 0.369 e. The lowest BCUT2D eigenvalue weighted by Crippen LogP contribution is -2.33. The number of rotatable bonds is 4. The van der Waals surface area contributed by atoms with Crippen LogP contribution >= 0.6 is 8.03 Å². The molecule has 0 saturated heterocycles. The van der Waals surface area contributed by atoms with Crippen LogP contribution in [0.5, 0.6) is 0 Å². The highest BCUT2D eigenvalue weighted by Crippen LogP contribution is 2.49. The molecule has 1 aromatic rings. The molecule has 0 aliphatic heterocycles. The van der Waals surface area contributed by atoms with Crippen molar-refractivity contribution in [1.82, 2.24) is 0 Å². The molecule has 17 heavy (non-hydrogen) atoms. The van der Waals surface area contributed by atoms with Gasteiger partial charge in [-0.3, -0.25) is 4.79 Å². The van der Waals surface area contributed by atoms with Crippen LogP contribution in [0.25, 0.3) is 0 Å². The standard InChI is InChI=1S/C12H14NO3P/c1-2-8-4-3-5-9(17(15)16)10(8)12(6-7-12)11(13)14/h3-5H,2,6-7H2,1H3,(H2-,13,14,15,16)/p+1. The van der Waals surface area contributed by atoms with Crippen molar-refractivity contribution in [2.45, 2.75) is 31.6 Å². The zero-order valence-corrected chi connectivity index (χ0v) is 10.5. The first kappa shape index (κ1) is 12.2. The van der Waals surface area contributed by atoms with Gasteiger partial charge in [-0.05, 0) is 35.5 Å². The molecule has 1 saturated carbocycles. The fourth-order valence-electron chi connectivity index (χ4n) is 2.34. The molecule has 1 aliphatic carbocycles. The Morgan fingerprint density at radius 2 is 2.18 bits per heavy atom. The summed E-state index contributed by atoms with van der Waals surface area (Å²) < 4.78 is 11.4. The summed E-state index contributed by atoms with van der Waals surface area (Å²) in [5.74, 6) is -0.392. The first-order valence-electron chi connectivity index (χ1n) is 5.61. The van der Waals surface area contributed by atoms with Gasteiger partial charge in [-0.15, -0.1) is 0 Å². The predicted octanol–water partition coefficient (Wildman–Crippen LogP) is 1.13. The Bertz CT molecular complexity index is 495. The second-order valence-corrected chi connectivity index (χ2v) is 5.41. The van der Waals surface area contributed by atoms with E-state index < -0.39 is 19.4 Å². The Labute approximate surface area is 101 Å².